The van der Waals surface area contributed by atoms with Gasteiger partial charge >= 0.3 is 6.18 Å². The number of thioether (sulfide) groups is 1. The highest BCUT2D eigenvalue weighted by Crippen LogP contribution is 2.12. The first-order valence-electron chi connectivity index (χ1n) is 6.01. The van der Waals surface area contributed by atoms with E-state index >= 15 is 0 Å². The van der Waals surface area contributed by atoms with Crippen molar-refractivity contribution in [3.63, 3.8) is 0 Å². The van der Waals surface area contributed by atoms with E-state index in [2.05, 4.69) is 5.32 Å². The Bertz CT molecular complexity index is 463. The maximum atomic E-state index is 12.1. The van der Waals surface area contributed by atoms with Crippen LogP contribution < -0.4 is 10.6 Å². The molecule has 0 fully saturated rings. The van der Waals surface area contributed by atoms with Crippen LogP contribution in [0.25, 0.3) is 0 Å². The van der Waals surface area contributed by atoms with Crippen molar-refractivity contribution in [1.82, 2.24) is 10.6 Å². The zero-order chi connectivity index (χ0) is 15.9. The van der Waals surface area contributed by atoms with Gasteiger partial charge in [0.1, 0.15) is 12.6 Å². The number of hydrogen-bond donors (Lipinski definition) is 2. The molecule has 1 atom stereocenters. The summed E-state index contributed by atoms with van der Waals surface area (Å²) >= 11 is 1.42. The number of carbonyl (C=O) groups is 2. The summed E-state index contributed by atoms with van der Waals surface area (Å²) in [7, 11) is 0. The van der Waals surface area contributed by atoms with Gasteiger partial charge in [0, 0.05) is 0 Å². The number of halogens is 3. The van der Waals surface area contributed by atoms with E-state index in [-0.39, 0.29) is 12.2 Å². The molecule has 1 aromatic heterocycles. The lowest BCUT2D eigenvalue weighted by atomic mass is 10.2. The second-order valence-electron chi connectivity index (χ2n) is 4.12. The number of carbonyl (C=O) groups excluding carboxylic acids is 2. The third-order valence-electron chi connectivity index (χ3n) is 2.44. The molecule has 118 valence electrons. The minimum atomic E-state index is -4.50. The Morgan fingerprint density at radius 3 is 2.67 bits per heavy atom. The molecule has 1 rings (SSSR count). The minimum absolute atomic E-state index is 0.00669. The Labute approximate surface area is 123 Å². The van der Waals surface area contributed by atoms with Crippen molar-refractivity contribution >= 4 is 23.6 Å². The maximum Gasteiger partial charge on any atom is 0.405 e. The summed E-state index contributed by atoms with van der Waals surface area (Å²) in [5.74, 6) is -1.01. The number of hydrogen-bond acceptors (Lipinski definition) is 4. The average molecular weight is 324 g/mol. The van der Waals surface area contributed by atoms with Crippen molar-refractivity contribution in [2.45, 2.75) is 18.6 Å². The van der Waals surface area contributed by atoms with E-state index in [1.165, 1.54) is 30.2 Å². The van der Waals surface area contributed by atoms with Crippen LogP contribution in [0.3, 0.4) is 0 Å². The molecule has 9 heteroatoms. The molecule has 0 saturated heterocycles. The van der Waals surface area contributed by atoms with Crippen LogP contribution in [0.1, 0.15) is 17.0 Å². The fraction of sp³-hybridized carbons (Fsp3) is 0.500. The van der Waals surface area contributed by atoms with Crippen LogP contribution in [0.5, 0.6) is 0 Å². The summed E-state index contributed by atoms with van der Waals surface area (Å²) in [5, 5.41) is 4.13. The van der Waals surface area contributed by atoms with E-state index in [0.29, 0.717) is 5.75 Å². The lowest BCUT2D eigenvalue weighted by Gasteiger charge is -2.18. The van der Waals surface area contributed by atoms with Gasteiger partial charge in [-0.25, -0.2) is 0 Å². The maximum absolute atomic E-state index is 12.1. The van der Waals surface area contributed by atoms with Crippen molar-refractivity contribution in [3.8, 4) is 0 Å². The van der Waals surface area contributed by atoms with Gasteiger partial charge in [0.2, 0.25) is 5.91 Å². The second-order valence-corrected chi connectivity index (χ2v) is 5.10. The molecule has 0 bridgehead atoms. The first-order valence-corrected chi connectivity index (χ1v) is 7.40. The van der Waals surface area contributed by atoms with Crippen LogP contribution in [0.2, 0.25) is 0 Å². The second kappa shape index (κ2) is 7.96. The average Bonchev–Trinajstić information content (AvgIpc) is 2.93. The van der Waals surface area contributed by atoms with Gasteiger partial charge in [-0.15, -0.1) is 0 Å². The van der Waals surface area contributed by atoms with Crippen molar-refractivity contribution < 1.29 is 27.2 Å². The van der Waals surface area contributed by atoms with E-state index in [0.717, 1.165) is 0 Å². The van der Waals surface area contributed by atoms with Crippen LogP contribution in [0.15, 0.2) is 22.8 Å². The van der Waals surface area contributed by atoms with Crippen LogP contribution in [-0.2, 0) is 4.79 Å². The smallest absolute Gasteiger partial charge is 0.405 e. The third-order valence-corrected chi connectivity index (χ3v) is 3.08. The first-order chi connectivity index (χ1) is 9.83. The monoisotopic (exact) mass is 324 g/mol. The highest BCUT2D eigenvalue weighted by molar-refractivity contribution is 7.98. The van der Waals surface area contributed by atoms with Gasteiger partial charge < -0.3 is 15.1 Å². The summed E-state index contributed by atoms with van der Waals surface area (Å²) in [6, 6.07) is 1.85. The molecule has 1 aromatic rings. The van der Waals surface area contributed by atoms with E-state index in [9.17, 15) is 22.8 Å². The molecule has 0 radical (unpaired) electrons. The standard InChI is InChI=1S/C12H15F3N2O3S/c1-21-6-4-8(10(18)16-7-12(13,14)15)17-11(19)9-3-2-5-20-9/h2-3,5,8H,4,6-7H2,1H3,(H,16,18)(H,17,19)/t8-/m0/s1. The summed E-state index contributed by atoms with van der Waals surface area (Å²) in [6.45, 7) is -1.43. The number of nitrogens with one attached hydrogen (secondary N) is 2. The largest absolute Gasteiger partial charge is 0.459 e. The molecule has 21 heavy (non-hydrogen) atoms. The summed E-state index contributed by atoms with van der Waals surface area (Å²) < 4.78 is 41.2. The summed E-state index contributed by atoms with van der Waals surface area (Å²) in [6.07, 6.45) is -1.20. The van der Waals surface area contributed by atoms with Crippen molar-refractivity contribution in [1.29, 1.82) is 0 Å². The molecule has 0 aliphatic rings. The van der Waals surface area contributed by atoms with Gasteiger partial charge in [-0.1, -0.05) is 0 Å². The normalized spacial score (nSPS) is 12.8. The molecular formula is C12H15F3N2O3S. The van der Waals surface area contributed by atoms with E-state index in [4.69, 9.17) is 4.42 Å². The van der Waals surface area contributed by atoms with Gasteiger partial charge in [-0.2, -0.15) is 24.9 Å². The van der Waals surface area contributed by atoms with E-state index in [1.807, 2.05) is 0 Å². The SMILES string of the molecule is CSCC[C@H](NC(=O)c1ccco1)C(=O)NCC(F)(F)F. The zero-order valence-corrected chi connectivity index (χ0v) is 12.0. The lowest BCUT2D eigenvalue weighted by molar-refractivity contribution is -0.139. The fourth-order valence-corrected chi connectivity index (χ4v) is 1.92. The van der Waals surface area contributed by atoms with E-state index < -0.39 is 30.6 Å². The summed E-state index contributed by atoms with van der Waals surface area (Å²) in [5.41, 5.74) is 0. The Morgan fingerprint density at radius 1 is 1.43 bits per heavy atom. The highest BCUT2D eigenvalue weighted by Gasteiger charge is 2.30. The zero-order valence-electron chi connectivity index (χ0n) is 11.2. The number of alkyl halides is 3. The summed E-state index contributed by atoms with van der Waals surface area (Å²) in [4.78, 5) is 23.5. The lowest BCUT2D eigenvalue weighted by Crippen LogP contribution is -2.49. The molecule has 0 saturated carbocycles. The number of rotatable bonds is 7. The molecule has 2 N–H and O–H groups in total. The van der Waals surface area contributed by atoms with Crippen molar-refractivity contribution in [2.75, 3.05) is 18.6 Å². The number of amides is 2. The number of furan rings is 1. The molecule has 0 spiro atoms. The molecule has 0 aliphatic carbocycles. The van der Waals surface area contributed by atoms with Gasteiger partial charge in [-0.05, 0) is 30.6 Å². The van der Waals surface area contributed by atoms with Crippen LogP contribution >= 0.6 is 11.8 Å². The molecule has 0 aromatic carbocycles. The molecule has 0 aliphatic heterocycles. The topological polar surface area (TPSA) is 71.3 Å². The predicted molar refractivity (Wildman–Crippen MR) is 72.0 cm³/mol. The Kier molecular flexibility index (Phi) is 6.60. The Balaban J connectivity index is 2.62. The Hall–Kier alpha value is -1.64. The van der Waals surface area contributed by atoms with Crippen LogP contribution in [0, 0.1) is 0 Å². The van der Waals surface area contributed by atoms with E-state index in [1.54, 1.807) is 11.6 Å². The third kappa shape index (κ3) is 6.56. The van der Waals surface area contributed by atoms with Crippen molar-refractivity contribution in [3.05, 3.63) is 24.2 Å². The van der Waals surface area contributed by atoms with Gasteiger partial charge in [0.05, 0.1) is 6.26 Å². The quantitative estimate of drug-likeness (QED) is 0.802. The van der Waals surface area contributed by atoms with Crippen LogP contribution in [-0.4, -0.2) is 42.6 Å². The van der Waals surface area contributed by atoms with Gasteiger partial charge in [-0.3, -0.25) is 9.59 Å². The fourth-order valence-electron chi connectivity index (χ4n) is 1.45. The minimum Gasteiger partial charge on any atom is -0.459 e. The molecular weight excluding hydrogens is 309 g/mol. The first kappa shape index (κ1) is 17.4. The molecule has 0 unspecified atom stereocenters. The van der Waals surface area contributed by atoms with Crippen molar-refractivity contribution in [2.24, 2.45) is 0 Å². The van der Waals surface area contributed by atoms with Crippen LogP contribution in [0.4, 0.5) is 13.2 Å². The highest BCUT2D eigenvalue weighted by atomic mass is 32.2. The Morgan fingerprint density at radius 2 is 2.14 bits per heavy atom. The molecule has 1 heterocycles. The van der Waals surface area contributed by atoms with Gasteiger partial charge in [0.25, 0.3) is 5.91 Å². The van der Waals surface area contributed by atoms with Gasteiger partial charge in [0.15, 0.2) is 5.76 Å². The molecule has 5 nitrogen and oxygen atoms in total. The predicted octanol–water partition coefficient (Wildman–Crippen LogP) is 1.81. The molecule has 2 amide bonds.